The Morgan fingerprint density at radius 1 is 1.25 bits per heavy atom. The Balaban J connectivity index is 1.65. The predicted molar refractivity (Wildman–Crippen MR) is 79.3 cm³/mol. The molecule has 0 amide bonds. The van der Waals surface area contributed by atoms with Crippen LogP contribution in [0.25, 0.3) is 0 Å². The number of furan rings is 1. The van der Waals surface area contributed by atoms with Crippen LogP contribution in [0.2, 0.25) is 0 Å². The van der Waals surface area contributed by atoms with Gasteiger partial charge in [-0.2, -0.15) is 5.10 Å². The van der Waals surface area contributed by atoms with E-state index < -0.39 is 0 Å². The van der Waals surface area contributed by atoms with Gasteiger partial charge in [0.05, 0.1) is 13.1 Å². The summed E-state index contributed by atoms with van der Waals surface area (Å²) in [5, 5.41) is 7.44. The molecule has 1 N–H and O–H groups in total. The van der Waals surface area contributed by atoms with E-state index in [1.165, 1.54) is 11.9 Å². The zero-order chi connectivity index (χ0) is 13.8. The van der Waals surface area contributed by atoms with Crippen LogP contribution in [0, 0.1) is 0 Å². The molecule has 20 heavy (non-hydrogen) atoms. The number of rotatable bonds is 5. The minimum absolute atomic E-state index is 0.651. The van der Waals surface area contributed by atoms with Crippen molar-refractivity contribution < 1.29 is 4.42 Å². The van der Waals surface area contributed by atoms with Crippen LogP contribution in [0.4, 0.5) is 5.69 Å². The molecule has 1 aromatic carbocycles. The zero-order valence-corrected chi connectivity index (χ0v) is 12.2. The third-order valence-corrected chi connectivity index (χ3v) is 3.26. The zero-order valence-electron chi connectivity index (χ0n) is 10.7. The van der Waals surface area contributed by atoms with Gasteiger partial charge in [-0.25, -0.2) is 9.67 Å². The molecule has 0 unspecified atom stereocenters. The summed E-state index contributed by atoms with van der Waals surface area (Å²) in [6.45, 7) is 1.36. The lowest BCUT2D eigenvalue weighted by Crippen LogP contribution is -2.02. The second kappa shape index (κ2) is 5.92. The van der Waals surface area contributed by atoms with Crippen LogP contribution in [0.15, 0.2) is 58.1 Å². The van der Waals surface area contributed by atoms with Gasteiger partial charge in [0.1, 0.15) is 18.4 Å². The lowest BCUT2D eigenvalue weighted by molar-refractivity contribution is 0.495. The number of nitrogens with zero attached hydrogens (tertiary/aromatic N) is 3. The van der Waals surface area contributed by atoms with Crippen LogP contribution in [-0.2, 0) is 13.1 Å². The second-order valence-electron chi connectivity index (χ2n) is 4.35. The normalized spacial score (nSPS) is 10.7. The summed E-state index contributed by atoms with van der Waals surface area (Å²) in [6.07, 6.45) is 3.25. The van der Waals surface area contributed by atoms with Crippen molar-refractivity contribution in [2.24, 2.45) is 0 Å². The average Bonchev–Trinajstić information content (AvgIpc) is 3.09. The molecule has 0 aliphatic heterocycles. The highest BCUT2D eigenvalue weighted by Crippen LogP contribution is 2.17. The molecule has 0 spiro atoms. The Labute approximate surface area is 124 Å². The van der Waals surface area contributed by atoms with E-state index in [0.29, 0.717) is 13.1 Å². The third-order valence-electron chi connectivity index (χ3n) is 2.83. The van der Waals surface area contributed by atoms with Gasteiger partial charge in [0.25, 0.3) is 0 Å². The van der Waals surface area contributed by atoms with Gasteiger partial charge in [0.2, 0.25) is 0 Å². The fourth-order valence-corrected chi connectivity index (χ4v) is 2.26. The maximum atomic E-state index is 5.45. The smallest absolute Gasteiger partial charge is 0.169 e. The quantitative estimate of drug-likeness (QED) is 0.778. The van der Waals surface area contributed by atoms with E-state index in [-0.39, 0.29) is 0 Å². The van der Waals surface area contributed by atoms with E-state index in [9.17, 15) is 0 Å². The molecule has 102 valence electrons. The van der Waals surface area contributed by atoms with Crippen LogP contribution in [0.1, 0.15) is 11.3 Å². The highest BCUT2D eigenvalue weighted by Gasteiger charge is 2.01. The number of hydrogen-bond acceptors (Lipinski definition) is 4. The van der Waals surface area contributed by atoms with Crippen molar-refractivity contribution in [3.05, 3.63) is 65.0 Å². The lowest BCUT2D eigenvalue weighted by atomic mass is 10.2. The molecule has 3 aromatic rings. The van der Waals surface area contributed by atoms with Crippen molar-refractivity contribution in [2.75, 3.05) is 5.32 Å². The van der Waals surface area contributed by atoms with Gasteiger partial charge in [-0.1, -0.05) is 12.1 Å². The third kappa shape index (κ3) is 3.27. The molecular formula is C14H13BrN4O. The van der Waals surface area contributed by atoms with Crippen LogP contribution < -0.4 is 5.32 Å². The first-order valence-electron chi connectivity index (χ1n) is 6.19. The first kappa shape index (κ1) is 12.9. The number of aromatic nitrogens is 3. The van der Waals surface area contributed by atoms with Gasteiger partial charge in [-0.05, 0) is 45.8 Å². The van der Waals surface area contributed by atoms with Crippen LogP contribution >= 0.6 is 15.9 Å². The first-order valence-corrected chi connectivity index (χ1v) is 6.98. The molecule has 0 atom stereocenters. The van der Waals surface area contributed by atoms with E-state index in [4.69, 9.17) is 4.42 Å². The van der Waals surface area contributed by atoms with E-state index in [0.717, 1.165) is 16.1 Å². The molecule has 5 nitrogen and oxygen atoms in total. The van der Waals surface area contributed by atoms with E-state index in [1.54, 1.807) is 11.0 Å². The molecule has 0 saturated carbocycles. The number of halogens is 1. The fraction of sp³-hybridized carbons (Fsp3) is 0.143. The summed E-state index contributed by atoms with van der Waals surface area (Å²) in [5.74, 6) is 0.888. The SMILES string of the molecule is Brc1ccc(CNc2cccc(Cn3cncn3)c2)o1. The van der Waals surface area contributed by atoms with Crippen LogP contribution in [0.5, 0.6) is 0 Å². The van der Waals surface area contributed by atoms with Gasteiger partial charge in [0, 0.05) is 5.69 Å². The number of benzene rings is 1. The number of nitrogens with one attached hydrogen (secondary N) is 1. The maximum Gasteiger partial charge on any atom is 0.169 e. The summed E-state index contributed by atoms with van der Waals surface area (Å²) in [6, 6.07) is 12.0. The molecule has 0 bridgehead atoms. The fourth-order valence-electron chi connectivity index (χ4n) is 1.92. The molecule has 0 aliphatic rings. The molecule has 6 heteroatoms. The van der Waals surface area contributed by atoms with E-state index in [2.05, 4.69) is 43.5 Å². The van der Waals surface area contributed by atoms with Crippen LogP contribution in [-0.4, -0.2) is 14.8 Å². The Kier molecular flexibility index (Phi) is 3.83. The highest BCUT2D eigenvalue weighted by molar-refractivity contribution is 9.10. The van der Waals surface area contributed by atoms with Crippen molar-refractivity contribution in [3.63, 3.8) is 0 Å². The minimum Gasteiger partial charge on any atom is -0.452 e. The average molecular weight is 333 g/mol. The molecule has 0 aliphatic carbocycles. The summed E-state index contributed by atoms with van der Waals surface area (Å²) < 4.78 is 7.99. The van der Waals surface area contributed by atoms with Gasteiger partial charge < -0.3 is 9.73 Å². The highest BCUT2D eigenvalue weighted by atomic mass is 79.9. The van der Waals surface area contributed by atoms with Gasteiger partial charge in [0.15, 0.2) is 4.67 Å². The predicted octanol–water partition coefficient (Wildman–Crippen LogP) is 3.29. The van der Waals surface area contributed by atoms with Crippen molar-refractivity contribution >= 4 is 21.6 Å². The Morgan fingerprint density at radius 2 is 2.20 bits per heavy atom. The topological polar surface area (TPSA) is 55.9 Å². The van der Waals surface area contributed by atoms with Gasteiger partial charge in [-0.15, -0.1) is 0 Å². The summed E-state index contributed by atoms with van der Waals surface area (Å²) in [4.78, 5) is 3.94. The Bertz CT molecular complexity index is 678. The standard InChI is InChI=1S/C14H13BrN4O/c15-14-5-4-13(20-14)7-17-12-3-1-2-11(6-12)8-19-10-16-9-18-19/h1-6,9-10,17H,7-8H2. The monoisotopic (exact) mass is 332 g/mol. The summed E-state index contributed by atoms with van der Waals surface area (Å²) in [7, 11) is 0. The number of anilines is 1. The molecule has 0 fully saturated rings. The van der Waals surface area contributed by atoms with Crippen LogP contribution in [0.3, 0.4) is 0 Å². The van der Waals surface area contributed by atoms with Crippen molar-refractivity contribution in [1.82, 2.24) is 14.8 Å². The first-order chi connectivity index (χ1) is 9.79. The number of hydrogen-bond donors (Lipinski definition) is 1. The summed E-state index contributed by atoms with van der Waals surface area (Å²) in [5.41, 5.74) is 2.22. The largest absolute Gasteiger partial charge is 0.452 e. The molecule has 0 radical (unpaired) electrons. The van der Waals surface area contributed by atoms with E-state index >= 15 is 0 Å². The minimum atomic E-state index is 0.651. The Hall–Kier alpha value is -2.08. The Morgan fingerprint density at radius 3 is 2.95 bits per heavy atom. The van der Waals surface area contributed by atoms with Gasteiger partial charge in [-0.3, -0.25) is 0 Å². The molecular weight excluding hydrogens is 320 g/mol. The molecule has 0 saturated heterocycles. The van der Waals surface area contributed by atoms with Crippen molar-refractivity contribution in [3.8, 4) is 0 Å². The van der Waals surface area contributed by atoms with Crippen molar-refractivity contribution in [2.45, 2.75) is 13.1 Å². The molecule has 2 aromatic heterocycles. The lowest BCUT2D eigenvalue weighted by Gasteiger charge is -2.07. The van der Waals surface area contributed by atoms with Gasteiger partial charge >= 0.3 is 0 Å². The van der Waals surface area contributed by atoms with Crippen molar-refractivity contribution in [1.29, 1.82) is 0 Å². The summed E-state index contributed by atoms with van der Waals surface area (Å²) >= 11 is 3.29. The second-order valence-corrected chi connectivity index (χ2v) is 5.13. The molecule has 3 rings (SSSR count). The van der Waals surface area contributed by atoms with E-state index in [1.807, 2.05) is 24.3 Å². The maximum absolute atomic E-state index is 5.45. The molecule has 2 heterocycles.